The molecule has 0 aliphatic carbocycles. The average molecular weight is 246 g/mol. The number of thioether (sulfide) groups is 1. The summed E-state index contributed by atoms with van der Waals surface area (Å²) >= 11 is 0.899. The highest BCUT2D eigenvalue weighted by Crippen LogP contribution is 2.30. The number of carbonyl (C=O) groups is 1. The van der Waals surface area contributed by atoms with E-state index in [0.717, 1.165) is 23.9 Å². The number of benzene rings is 1. The summed E-state index contributed by atoms with van der Waals surface area (Å²) in [7, 11) is 0. The Hall–Kier alpha value is -1.10. The molecule has 16 heavy (non-hydrogen) atoms. The second-order valence-corrected chi connectivity index (χ2v) is 4.88. The first kappa shape index (κ1) is 13.0. The van der Waals surface area contributed by atoms with E-state index in [2.05, 4.69) is 0 Å². The van der Waals surface area contributed by atoms with Crippen molar-refractivity contribution in [3.05, 3.63) is 29.8 Å². The van der Waals surface area contributed by atoms with Gasteiger partial charge in [0.2, 0.25) is 0 Å². The molecule has 0 saturated carbocycles. The lowest BCUT2D eigenvalue weighted by atomic mass is 10.1. The first-order valence-electron chi connectivity index (χ1n) is 4.76. The quantitative estimate of drug-likeness (QED) is 0.829. The molecule has 0 aromatic heterocycles. The Bertz CT molecular complexity index is 394. The Labute approximate surface area is 96.7 Å². The lowest BCUT2D eigenvalue weighted by molar-refractivity contribution is -0.137. The SMILES string of the molecule is CC(C)C(Sc1ccc(F)cc1F)C(=O)O. The second kappa shape index (κ2) is 5.30. The third-order valence-corrected chi connectivity index (χ3v) is 3.58. The van der Waals surface area contributed by atoms with Crippen LogP contribution in [0.5, 0.6) is 0 Å². The minimum absolute atomic E-state index is 0.132. The minimum atomic E-state index is -0.997. The van der Waals surface area contributed by atoms with E-state index in [0.29, 0.717) is 0 Å². The molecule has 0 spiro atoms. The molecule has 2 nitrogen and oxygen atoms in total. The molecule has 0 bridgehead atoms. The number of halogens is 2. The van der Waals surface area contributed by atoms with Crippen LogP contribution in [0.3, 0.4) is 0 Å². The van der Waals surface area contributed by atoms with Gasteiger partial charge < -0.3 is 5.11 Å². The number of aliphatic carboxylic acids is 1. The molecule has 0 amide bonds. The number of carboxylic acids is 1. The van der Waals surface area contributed by atoms with Gasteiger partial charge in [-0.15, -0.1) is 11.8 Å². The van der Waals surface area contributed by atoms with Gasteiger partial charge >= 0.3 is 5.97 Å². The molecule has 0 fully saturated rings. The van der Waals surface area contributed by atoms with E-state index in [1.54, 1.807) is 13.8 Å². The normalized spacial score (nSPS) is 12.8. The van der Waals surface area contributed by atoms with Crippen LogP contribution in [-0.4, -0.2) is 16.3 Å². The van der Waals surface area contributed by atoms with Gasteiger partial charge in [-0.05, 0) is 18.1 Å². The summed E-state index contributed by atoms with van der Waals surface area (Å²) in [5.41, 5.74) is 0. The number of rotatable bonds is 4. The minimum Gasteiger partial charge on any atom is -0.480 e. The molecule has 1 unspecified atom stereocenters. The Morgan fingerprint density at radius 1 is 1.38 bits per heavy atom. The van der Waals surface area contributed by atoms with Crippen molar-refractivity contribution in [1.82, 2.24) is 0 Å². The smallest absolute Gasteiger partial charge is 0.317 e. The van der Waals surface area contributed by atoms with Gasteiger partial charge in [0.05, 0.1) is 0 Å². The fourth-order valence-corrected chi connectivity index (χ4v) is 2.14. The van der Waals surface area contributed by atoms with Crippen LogP contribution in [0.2, 0.25) is 0 Å². The highest BCUT2D eigenvalue weighted by atomic mass is 32.2. The molecular weight excluding hydrogens is 234 g/mol. The molecule has 0 aliphatic rings. The predicted molar refractivity (Wildman–Crippen MR) is 58.5 cm³/mol. The van der Waals surface area contributed by atoms with Crippen LogP contribution in [0.1, 0.15) is 13.8 Å². The zero-order chi connectivity index (χ0) is 12.3. The lowest BCUT2D eigenvalue weighted by Crippen LogP contribution is -2.22. The predicted octanol–water partition coefficient (Wildman–Crippen LogP) is 3.17. The largest absolute Gasteiger partial charge is 0.480 e. The summed E-state index contributed by atoms with van der Waals surface area (Å²) in [5.74, 6) is -2.52. The maximum Gasteiger partial charge on any atom is 0.317 e. The summed E-state index contributed by atoms with van der Waals surface area (Å²) in [4.78, 5) is 11.1. The summed E-state index contributed by atoms with van der Waals surface area (Å²) in [6.07, 6.45) is 0. The van der Waals surface area contributed by atoms with Crippen molar-refractivity contribution < 1.29 is 18.7 Å². The first-order chi connectivity index (χ1) is 7.41. The van der Waals surface area contributed by atoms with Crippen LogP contribution in [0.4, 0.5) is 8.78 Å². The fraction of sp³-hybridized carbons (Fsp3) is 0.364. The van der Waals surface area contributed by atoms with Crippen LogP contribution in [0.15, 0.2) is 23.1 Å². The topological polar surface area (TPSA) is 37.3 Å². The van der Waals surface area contributed by atoms with Crippen molar-refractivity contribution >= 4 is 17.7 Å². The van der Waals surface area contributed by atoms with Crippen molar-refractivity contribution in [3.8, 4) is 0 Å². The molecule has 0 saturated heterocycles. The molecule has 5 heteroatoms. The number of hydrogen-bond acceptors (Lipinski definition) is 2. The molecule has 0 heterocycles. The van der Waals surface area contributed by atoms with E-state index in [9.17, 15) is 13.6 Å². The van der Waals surface area contributed by atoms with Gasteiger partial charge in [-0.1, -0.05) is 13.8 Å². The monoisotopic (exact) mass is 246 g/mol. The summed E-state index contributed by atoms with van der Waals surface area (Å²) in [5, 5.41) is 8.20. The van der Waals surface area contributed by atoms with Crippen LogP contribution >= 0.6 is 11.8 Å². The Kier molecular flexibility index (Phi) is 4.29. The molecule has 1 aromatic rings. The third kappa shape index (κ3) is 3.20. The van der Waals surface area contributed by atoms with Crippen LogP contribution < -0.4 is 0 Å². The van der Waals surface area contributed by atoms with Gasteiger partial charge in [0.1, 0.15) is 16.9 Å². The van der Waals surface area contributed by atoms with Crippen LogP contribution in [0.25, 0.3) is 0 Å². The molecular formula is C11H12F2O2S. The van der Waals surface area contributed by atoms with Gasteiger partial charge in [-0.25, -0.2) is 8.78 Å². The zero-order valence-corrected chi connectivity index (χ0v) is 9.72. The Balaban J connectivity index is 2.90. The maximum atomic E-state index is 13.3. The van der Waals surface area contributed by atoms with Crippen molar-refractivity contribution in [2.45, 2.75) is 24.0 Å². The lowest BCUT2D eigenvalue weighted by Gasteiger charge is -2.15. The van der Waals surface area contributed by atoms with Crippen molar-refractivity contribution in [2.24, 2.45) is 5.92 Å². The molecule has 1 aromatic carbocycles. The van der Waals surface area contributed by atoms with Gasteiger partial charge in [-0.3, -0.25) is 4.79 Å². The standard InChI is InChI=1S/C11H12F2O2S/c1-6(2)10(11(14)15)16-9-4-3-7(12)5-8(9)13/h3-6,10H,1-2H3,(H,14,15). The Morgan fingerprint density at radius 3 is 2.44 bits per heavy atom. The maximum absolute atomic E-state index is 13.3. The summed E-state index contributed by atoms with van der Waals surface area (Å²) < 4.78 is 25.9. The summed E-state index contributed by atoms with van der Waals surface area (Å²) in [6, 6.07) is 3.12. The second-order valence-electron chi connectivity index (χ2n) is 3.70. The zero-order valence-electron chi connectivity index (χ0n) is 8.91. The van der Waals surface area contributed by atoms with Gasteiger partial charge in [0, 0.05) is 11.0 Å². The van der Waals surface area contributed by atoms with E-state index in [-0.39, 0.29) is 10.8 Å². The van der Waals surface area contributed by atoms with Crippen molar-refractivity contribution in [3.63, 3.8) is 0 Å². The molecule has 0 radical (unpaired) electrons. The molecule has 1 atom stereocenters. The van der Waals surface area contributed by atoms with Crippen molar-refractivity contribution in [1.29, 1.82) is 0 Å². The third-order valence-electron chi connectivity index (χ3n) is 2.00. The van der Waals surface area contributed by atoms with Crippen molar-refractivity contribution in [2.75, 3.05) is 0 Å². The van der Waals surface area contributed by atoms with E-state index in [1.165, 1.54) is 6.07 Å². The number of carboxylic acid groups (broad SMARTS) is 1. The molecule has 88 valence electrons. The molecule has 0 aliphatic heterocycles. The highest BCUT2D eigenvalue weighted by Gasteiger charge is 2.24. The highest BCUT2D eigenvalue weighted by molar-refractivity contribution is 8.00. The summed E-state index contributed by atoms with van der Waals surface area (Å²) in [6.45, 7) is 3.49. The number of hydrogen-bond donors (Lipinski definition) is 1. The van der Waals surface area contributed by atoms with Gasteiger partial charge in [0.25, 0.3) is 0 Å². The van der Waals surface area contributed by atoms with Crippen LogP contribution in [-0.2, 0) is 4.79 Å². The van der Waals surface area contributed by atoms with E-state index in [1.807, 2.05) is 0 Å². The van der Waals surface area contributed by atoms with E-state index in [4.69, 9.17) is 5.11 Å². The van der Waals surface area contributed by atoms with Gasteiger partial charge in [-0.2, -0.15) is 0 Å². The fourth-order valence-electron chi connectivity index (χ4n) is 1.18. The van der Waals surface area contributed by atoms with E-state index < -0.39 is 22.9 Å². The molecule has 1 rings (SSSR count). The Morgan fingerprint density at radius 2 is 2.00 bits per heavy atom. The first-order valence-corrected chi connectivity index (χ1v) is 5.64. The van der Waals surface area contributed by atoms with E-state index >= 15 is 0 Å². The van der Waals surface area contributed by atoms with Crippen LogP contribution in [0, 0.1) is 17.6 Å². The molecule has 1 N–H and O–H groups in total. The van der Waals surface area contributed by atoms with Gasteiger partial charge in [0.15, 0.2) is 0 Å². The average Bonchev–Trinajstić information content (AvgIpc) is 2.15.